The van der Waals surface area contributed by atoms with Gasteiger partial charge in [-0.2, -0.15) is 0 Å². The van der Waals surface area contributed by atoms with Crippen molar-refractivity contribution in [2.24, 2.45) is 0 Å². The van der Waals surface area contributed by atoms with E-state index in [1.54, 1.807) is 37.3 Å². The van der Waals surface area contributed by atoms with Crippen molar-refractivity contribution in [1.29, 1.82) is 0 Å². The molecule has 0 saturated carbocycles. The number of benzene rings is 1. The number of nitrogens with two attached hydrogens (primary N) is 1. The van der Waals surface area contributed by atoms with E-state index in [0.29, 0.717) is 28.3 Å². The minimum Gasteiger partial charge on any atom is -0.383 e. The van der Waals surface area contributed by atoms with Crippen molar-refractivity contribution >= 4 is 36.9 Å². The van der Waals surface area contributed by atoms with Crippen LogP contribution in [0.4, 0.5) is 5.82 Å². The zero-order valence-corrected chi connectivity index (χ0v) is 17.8. The van der Waals surface area contributed by atoms with Gasteiger partial charge < -0.3 is 20.4 Å². The van der Waals surface area contributed by atoms with Crippen LogP contribution in [0, 0.1) is 6.92 Å². The lowest BCUT2D eigenvalue weighted by atomic mass is 10.2. The monoisotopic (exact) mass is 452 g/mol. The summed E-state index contributed by atoms with van der Waals surface area (Å²) in [7, 11) is -4.66. The van der Waals surface area contributed by atoms with E-state index in [0.717, 1.165) is 11.8 Å². The molecule has 0 saturated heterocycles. The summed E-state index contributed by atoms with van der Waals surface area (Å²) in [4.78, 5) is 51.5. The fourth-order valence-electron chi connectivity index (χ4n) is 2.29. The van der Waals surface area contributed by atoms with Crippen molar-refractivity contribution in [3.05, 3.63) is 64.6 Å². The highest BCUT2D eigenvalue weighted by atomic mass is 32.2. The molecule has 1 aromatic carbocycles. The summed E-state index contributed by atoms with van der Waals surface area (Å²) in [6.45, 7) is 1.40. The fraction of sp³-hybridized carbons (Fsp3) is 0.222. The number of carbonyl (C=O) groups excluding carboxylic acids is 2. The first-order chi connectivity index (χ1) is 14.2. The molecular weight excluding hydrogens is 431 g/mol. The first kappa shape index (κ1) is 23.7. The summed E-state index contributed by atoms with van der Waals surface area (Å²) in [5.41, 5.74) is 6.81. The second-order valence-corrected chi connectivity index (χ2v) is 8.37. The first-order valence-electron chi connectivity index (χ1n) is 8.65. The van der Waals surface area contributed by atoms with E-state index in [1.807, 2.05) is 0 Å². The maximum atomic E-state index is 12.5. The minimum absolute atomic E-state index is 0.00142. The number of amides is 1. The molecule has 12 heteroatoms. The Balaban J connectivity index is 2.20. The van der Waals surface area contributed by atoms with Crippen LogP contribution in [0.25, 0.3) is 0 Å². The molecular formula is C18H21N4O6PS. The molecule has 30 heavy (non-hydrogen) atoms. The lowest BCUT2D eigenvalue weighted by molar-refractivity contribution is -0.116. The van der Waals surface area contributed by atoms with E-state index in [2.05, 4.69) is 14.5 Å². The average Bonchev–Trinajstić information content (AvgIpc) is 2.68. The number of anilines is 1. The van der Waals surface area contributed by atoms with Crippen LogP contribution in [-0.4, -0.2) is 42.8 Å². The Kier molecular flexibility index (Phi) is 8.70. The molecule has 4 N–H and O–H groups in total. The van der Waals surface area contributed by atoms with Gasteiger partial charge in [-0.25, -0.2) is 14.5 Å². The summed E-state index contributed by atoms with van der Waals surface area (Å²) in [6.07, 6.45) is 3.44. The van der Waals surface area contributed by atoms with Crippen molar-refractivity contribution in [3.8, 4) is 0 Å². The molecule has 160 valence electrons. The summed E-state index contributed by atoms with van der Waals surface area (Å²) < 4.78 is 15.4. The summed E-state index contributed by atoms with van der Waals surface area (Å²) >= 11 is 0.835. The van der Waals surface area contributed by atoms with E-state index in [1.165, 1.54) is 17.3 Å². The number of aromatic nitrogens is 2. The van der Waals surface area contributed by atoms with Gasteiger partial charge in [0.1, 0.15) is 11.6 Å². The molecule has 2 aromatic rings. The molecule has 0 atom stereocenters. The molecule has 10 nitrogen and oxygen atoms in total. The normalized spacial score (nSPS) is 11.9. The van der Waals surface area contributed by atoms with Gasteiger partial charge in [0.15, 0.2) is 0 Å². The van der Waals surface area contributed by atoms with Gasteiger partial charge in [-0.1, -0.05) is 30.3 Å². The molecule has 1 heterocycles. The highest BCUT2D eigenvalue weighted by Gasteiger charge is 2.17. The number of phosphoric acid groups is 1. The van der Waals surface area contributed by atoms with Crippen molar-refractivity contribution in [2.75, 3.05) is 12.3 Å². The van der Waals surface area contributed by atoms with Crippen LogP contribution in [0.2, 0.25) is 0 Å². The molecule has 0 aliphatic heterocycles. The Morgan fingerprint density at radius 3 is 2.63 bits per heavy atom. The minimum atomic E-state index is -4.66. The SMILES string of the molecule is Cc1ncc(CN(C=O)C=C(CCOP(=O)(O)O)SC(=O)c2ccccc2)c(N)n1. The predicted octanol–water partition coefficient (Wildman–Crippen LogP) is 2.24. The molecule has 1 aromatic heterocycles. The van der Waals surface area contributed by atoms with Crippen LogP contribution in [0.1, 0.15) is 28.2 Å². The molecule has 0 unspecified atom stereocenters. The van der Waals surface area contributed by atoms with Crippen molar-refractivity contribution in [3.63, 3.8) is 0 Å². The quantitative estimate of drug-likeness (QED) is 0.361. The molecule has 1 amide bonds. The lowest BCUT2D eigenvalue weighted by Crippen LogP contribution is -2.17. The number of hydrogen-bond donors (Lipinski definition) is 3. The molecule has 0 spiro atoms. The Labute approximate surface area is 177 Å². The number of carbonyl (C=O) groups is 2. The van der Waals surface area contributed by atoms with Gasteiger partial charge in [0.05, 0.1) is 13.2 Å². The third-order valence-electron chi connectivity index (χ3n) is 3.66. The largest absolute Gasteiger partial charge is 0.469 e. The second-order valence-electron chi connectivity index (χ2n) is 6.03. The van der Waals surface area contributed by atoms with E-state index in [-0.39, 0.29) is 30.5 Å². The molecule has 0 aliphatic rings. The van der Waals surface area contributed by atoms with Gasteiger partial charge in [-0.15, -0.1) is 0 Å². The zero-order chi connectivity index (χ0) is 22.1. The number of nitrogens with zero attached hydrogens (tertiary/aromatic N) is 3. The zero-order valence-electron chi connectivity index (χ0n) is 16.0. The Morgan fingerprint density at radius 2 is 2.03 bits per heavy atom. The number of aryl methyl sites for hydroxylation is 1. The first-order valence-corrected chi connectivity index (χ1v) is 11.0. The van der Waals surface area contributed by atoms with E-state index >= 15 is 0 Å². The average molecular weight is 452 g/mol. The van der Waals surface area contributed by atoms with Crippen LogP contribution in [-0.2, 0) is 20.4 Å². The third kappa shape index (κ3) is 8.05. The summed E-state index contributed by atoms with van der Waals surface area (Å²) in [5, 5.41) is -0.290. The molecule has 0 radical (unpaired) electrons. The Bertz CT molecular complexity index is 966. The van der Waals surface area contributed by atoms with E-state index < -0.39 is 7.82 Å². The molecule has 0 bridgehead atoms. The number of rotatable bonds is 10. The fourth-order valence-corrected chi connectivity index (χ4v) is 3.48. The summed E-state index contributed by atoms with van der Waals surface area (Å²) in [5.74, 6) is 0.714. The number of phosphoric ester groups is 1. The van der Waals surface area contributed by atoms with Gasteiger partial charge in [0.2, 0.25) is 11.5 Å². The number of hydrogen-bond acceptors (Lipinski definition) is 8. The van der Waals surface area contributed by atoms with Gasteiger partial charge in [-0.3, -0.25) is 14.1 Å². The lowest BCUT2D eigenvalue weighted by Gasteiger charge is -2.16. The van der Waals surface area contributed by atoms with Crippen LogP contribution in [0.3, 0.4) is 0 Å². The van der Waals surface area contributed by atoms with Crippen LogP contribution in [0.15, 0.2) is 47.6 Å². The smallest absolute Gasteiger partial charge is 0.383 e. The van der Waals surface area contributed by atoms with Gasteiger partial charge in [-0.05, 0) is 18.7 Å². The van der Waals surface area contributed by atoms with Crippen LogP contribution < -0.4 is 5.73 Å². The molecule has 2 rings (SSSR count). The van der Waals surface area contributed by atoms with E-state index in [4.69, 9.17) is 15.5 Å². The summed E-state index contributed by atoms with van der Waals surface area (Å²) in [6, 6.07) is 8.48. The van der Waals surface area contributed by atoms with Crippen molar-refractivity contribution in [2.45, 2.75) is 19.9 Å². The van der Waals surface area contributed by atoms with Gasteiger partial charge >= 0.3 is 7.82 Å². The van der Waals surface area contributed by atoms with Crippen molar-refractivity contribution in [1.82, 2.24) is 14.9 Å². The standard InChI is InChI=1S/C18H21N4O6PS/c1-13-20-9-15(17(19)21-13)10-22(12-23)11-16(7-8-28-29(25,26)27)30-18(24)14-5-3-2-4-6-14/h2-6,9,11-12H,7-8,10H2,1H3,(H2,19,20,21)(H2,25,26,27). The Hall–Kier alpha value is -2.56. The topological polar surface area (TPSA) is 156 Å². The Morgan fingerprint density at radius 1 is 1.33 bits per heavy atom. The number of nitrogen functional groups attached to an aromatic ring is 1. The maximum Gasteiger partial charge on any atom is 0.469 e. The van der Waals surface area contributed by atoms with Gasteiger partial charge in [0.25, 0.3) is 0 Å². The van der Waals surface area contributed by atoms with Gasteiger partial charge in [0, 0.05) is 34.8 Å². The van der Waals surface area contributed by atoms with E-state index in [9.17, 15) is 14.2 Å². The van der Waals surface area contributed by atoms with Crippen LogP contribution >= 0.6 is 19.6 Å². The molecule has 0 fully saturated rings. The van der Waals surface area contributed by atoms with Crippen molar-refractivity contribution < 1.29 is 28.5 Å². The molecule has 0 aliphatic carbocycles. The second kappa shape index (κ2) is 11.0. The highest BCUT2D eigenvalue weighted by molar-refractivity contribution is 8.17. The predicted molar refractivity (Wildman–Crippen MR) is 112 cm³/mol. The van der Waals surface area contributed by atoms with Crippen LogP contribution in [0.5, 0.6) is 0 Å². The highest BCUT2D eigenvalue weighted by Crippen LogP contribution is 2.37. The number of thioether (sulfide) groups is 1. The third-order valence-corrected chi connectivity index (χ3v) is 5.17. The maximum absolute atomic E-state index is 12.5.